The van der Waals surface area contributed by atoms with Gasteiger partial charge in [-0.15, -0.1) is 5.10 Å². The van der Waals surface area contributed by atoms with Crippen molar-refractivity contribution >= 4 is 23.6 Å². The van der Waals surface area contributed by atoms with Gasteiger partial charge in [-0.25, -0.2) is 4.98 Å². The molecule has 172 valence electrons. The number of rotatable bonds is 8. The highest BCUT2D eigenvalue weighted by atomic mass is 32.2. The third kappa shape index (κ3) is 4.54. The number of thioether (sulfide) groups is 1. The summed E-state index contributed by atoms with van der Waals surface area (Å²) in [6.07, 6.45) is 2.14. The van der Waals surface area contributed by atoms with Crippen LogP contribution in [0.15, 0.2) is 29.4 Å². The van der Waals surface area contributed by atoms with E-state index in [0.29, 0.717) is 30.6 Å². The van der Waals surface area contributed by atoms with E-state index in [2.05, 4.69) is 15.0 Å². The Morgan fingerprint density at radius 2 is 1.88 bits per heavy atom. The van der Waals surface area contributed by atoms with Crippen LogP contribution in [-0.4, -0.2) is 63.1 Å². The Kier molecular flexibility index (Phi) is 7.15. The molecule has 2 aliphatic heterocycles. The Balaban J connectivity index is 1.57. The molecule has 2 unspecified atom stereocenters. The average molecular weight is 459 g/mol. The smallest absolute Gasteiger partial charge is 0.309 e. The van der Waals surface area contributed by atoms with Crippen molar-refractivity contribution in [3.8, 4) is 5.75 Å². The van der Waals surface area contributed by atoms with Crippen LogP contribution in [0.2, 0.25) is 0 Å². The SMILES string of the molecule is CCOC(=O)C1CCN(C(c2ccc(OCC)cc2)C2Sc3nc(CC)nn3C2=O)CC1. The summed E-state index contributed by atoms with van der Waals surface area (Å²) in [5, 5.41) is 4.71. The van der Waals surface area contributed by atoms with Gasteiger partial charge >= 0.3 is 5.97 Å². The van der Waals surface area contributed by atoms with E-state index in [-0.39, 0.29) is 29.1 Å². The zero-order valence-electron chi connectivity index (χ0n) is 18.8. The van der Waals surface area contributed by atoms with Crippen molar-refractivity contribution in [3.05, 3.63) is 35.7 Å². The second-order valence-corrected chi connectivity index (χ2v) is 9.07. The molecule has 4 rings (SSSR count). The maximum atomic E-state index is 13.3. The number of carbonyl (C=O) groups is 2. The molecule has 2 aliphatic rings. The third-order valence-electron chi connectivity index (χ3n) is 5.98. The number of fused-ring (bicyclic) bond motifs is 1. The number of carbonyl (C=O) groups excluding carboxylic acids is 2. The predicted molar refractivity (Wildman–Crippen MR) is 121 cm³/mol. The lowest BCUT2D eigenvalue weighted by Crippen LogP contribution is -2.44. The summed E-state index contributed by atoms with van der Waals surface area (Å²) in [5.74, 6) is 1.26. The number of nitrogens with zero attached hydrogens (tertiary/aromatic N) is 4. The van der Waals surface area contributed by atoms with E-state index in [0.717, 1.165) is 37.2 Å². The molecule has 3 heterocycles. The lowest BCUT2D eigenvalue weighted by atomic mass is 9.92. The molecule has 1 aromatic heterocycles. The van der Waals surface area contributed by atoms with Crippen molar-refractivity contribution in [3.63, 3.8) is 0 Å². The van der Waals surface area contributed by atoms with Gasteiger partial charge in [-0.05, 0) is 57.5 Å². The van der Waals surface area contributed by atoms with Gasteiger partial charge in [0, 0.05) is 6.42 Å². The molecule has 1 aromatic carbocycles. The largest absolute Gasteiger partial charge is 0.494 e. The van der Waals surface area contributed by atoms with Gasteiger partial charge in [0.05, 0.1) is 25.2 Å². The Bertz CT molecular complexity index is 953. The number of aromatic nitrogens is 3. The minimum absolute atomic E-state index is 0.0383. The topological polar surface area (TPSA) is 86.5 Å². The van der Waals surface area contributed by atoms with E-state index in [1.165, 1.54) is 16.4 Å². The van der Waals surface area contributed by atoms with Crippen molar-refractivity contribution in [1.82, 2.24) is 19.7 Å². The second kappa shape index (κ2) is 10.0. The van der Waals surface area contributed by atoms with E-state index >= 15 is 0 Å². The molecule has 9 heteroatoms. The number of piperidine rings is 1. The van der Waals surface area contributed by atoms with Crippen molar-refractivity contribution < 1.29 is 19.1 Å². The standard InChI is InChI=1S/C23H30N4O4S/c1-4-18-24-23-27(25-18)21(28)20(32-23)19(15-7-9-17(10-8-15)30-5-2)26-13-11-16(12-14-26)22(29)31-6-3/h7-10,16,19-20H,4-6,11-14H2,1-3H3. The molecule has 2 atom stereocenters. The summed E-state index contributed by atoms with van der Waals surface area (Å²) in [7, 11) is 0. The summed E-state index contributed by atoms with van der Waals surface area (Å²) in [6.45, 7) is 8.22. The lowest BCUT2D eigenvalue weighted by Gasteiger charge is -2.38. The molecule has 2 aromatic rings. The van der Waals surface area contributed by atoms with Gasteiger partial charge in [0.1, 0.15) is 11.0 Å². The average Bonchev–Trinajstić information content (AvgIpc) is 3.35. The quantitative estimate of drug-likeness (QED) is 0.557. The molecule has 0 aliphatic carbocycles. The second-order valence-electron chi connectivity index (χ2n) is 7.96. The normalized spacial score (nSPS) is 20.2. The molecule has 0 radical (unpaired) electrons. The van der Waals surface area contributed by atoms with Gasteiger partial charge in [0.15, 0.2) is 11.0 Å². The highest BCUT2D eigenvalue weighted by molar-refractivity contribution is 8.00. The number of aryl methyl sites for hydroxylation is 1. The van der Waals surface area contributed by atoms with Gasteiger partial charge in [-0.2, -0.15) is 4.68 Å². The molecule has 8 nitrogen and oxygen atoms in total. The van der Waals surface area contributed by atoms with Crippen molar-refractivity contribution in [2.24, 2.45) is 5.92 Å². The first-order chi connectivity index (χ1) is 15.5. The first kappa shape index (κ1) is 22.8. The van der Waals surface area contributed by atoms with Gasteiger partial charge in [-0.3, -0.25) is 14.5 Å². The van der Waals surface area contributed by atoms with Gasteiger partial charge in [0.2, 0.25) is 0 Å². The number of esters is 1. The van der Waals surface area contributed by atoms with Crippen LogP contribution in [0, 0.1) is 5.92 Å². The summed E-state index contributed by atoms with van der Waals surface area (Å²) >= 11 is 1.48. The van der Waals surface area contributed by atoms with Crippen molar-refractivity contribution in [2.75, 3.05) is 26.3 Å². The summed E-state index contributed by atoms with van der Waals surface area (Å²) < 4.78 is 12.3. The molecular weight excluding hydrogens is 428 g/mol. The molecule has 0 spiro atoms. The van der Waals surface area contributed by atoms with E-state index < -0.39 is 0 Å². The Morgan fingerprint density at radius 3 is 2.47 bits per heavy atom. The zero-order valence-corrected chi connectivity index (χ0v) is 19.6. The molecule has 0 saturated carbocycles. The first-order valence-electron chi connectivity index (χ1n) is 11.4. The lowest BCUT2D eigenvalue weighted by molar-refractivity contribution is -0.149. The Hall–Kier alpha value is -2.39. The summed E-state index contributed by atoms with van der Waals surface area (Å²) in [5.41, 5.74) is 1.05. The number of hydrogen-bond donors (Lipinski definition) is 0. The molecule has 0 amide bonds. The predicted octanol–water partition coefficient (Wildman–Crippen LogP) is 3.37. The van der Waals surface area contributed by atoms with Crippen LogP contribution in [0.5, 0.6) is 5.75 Å². The summed E-state index contributed by atoms with van der Waals surface area (Å²) in [4.78, 5) is 32.4. The van der Waals surface area contributed by atoms with E-state index in [4.69, 9.17) is 9.47 Å². The van der Waals surface area contributed by atoms with E-state index in [9.17, 15) is 9.59 Å². The summed E-state index contributed by atoms with van der Waals surface area (Å²) in [6, 6.07) is 7.83. The third-order valence-corrected chi connectivity index (χ3v) is 7.17. The fraction of sp³-hybridized carbons (Fsp3) is 0.565. The number of hydrogen-bond acceptors (Lipinski definition) is 8. The minimum atomic E-state index is -0.340. The molecule has 32 heavy (non-hydrogen) atoms. The van der Waals surface area contributed by atoms with Crippen molar-refractivity contribution in [2.45, 2.75) is 56.5 Å². The zero-order chi connectivity index (χ0) is 22.7. The van der Waals surface area contributed by atoms with Crippen LogP contribution < -0.4 is 4.74 Å². The van der Waals surface area contributed by atoms with Gasteiger partial charge in [0.25, 0.3) is 5.91 Å². The fourth-order valence-corrected chi connectivity index (χ4v) is 5.65. The van der Waals surface area contributed by atoms with Crippen LogP contribution in [0.1, 0.15) is 55.8 Å². The van der Waals surface area contributed by atoms with Gasteiger partial charge in [-0.1, -0.05) is 30.8 Å². The van der Waals surface area contributed by atoms with Crippen LogP contribution >= 0.6 is 11.8 Å². The molecule has 0 N–H and O–H groups in total. The molecule has 1 fully saturated rings. The maximum absolute atomic E-state index is 13.3. The highest BCUT2D eigenvalue weighted by Crippen LogP contribution is 2.42. The molecule has 0 bridgehead atoms. The number of likely N-dealkylation sites (tertiary alicyclic amines) is 1. The minimum Gasteiger partial charge on any atom is -0.494 e. The maximum Gasteiger partial charge on any atom is 0.309 e. The molecule has 1 saturated heterocycles. The fourth-order valence-electron chi connectivity index (χ4n) is 4.37. The number of benzene rings is 1. The van der Waals surface area contributed by atoms with Crippen molar-refractivity contribution in [1.29, 1.82) is 0 Å². The highest BCUT2D eigenvalue weighted by Gasteiger charge is 2.44. The van der Waals surface area contributed by atoms with Crippen LogP contribution in [-0.2, 0) is 16.0 Å². The monoisotopic (exact) mass is 458 g/mol. The van der Waals surface area contributed by atoms with Crippen LogP contribution in [0.4, 0.5) is 0 Å². The van der Waals surface area contributed by atoms with E-state index in [1.807, 2.05) is 45.0 Å². The first-order valence-corrected chi connectivity index (χ1v) is 12.2. The Morgan fingerprint density at radius 1 is 1.16 bits per heavy atom. The van der Waals surface area contributed by atoms with Gasteiger partial charge < -0.3 is 9.47 Å². The Labute approximate surface area is 192 Å². The van der Waals surface area contributed by atoms with E-state index in [1.54, 1.807) is 0 Å². The van der Waals surface area contributed by atoms with Crippen LogP contribution in [0.3, 0.4) is 0 Å². The molecular formula is C23H30N4O4S. The number of ether oxygens (including phenoxy) is 2. The van der Waals surface area contributed by atoms with Crippen LogP contribution in [0.25, 0.3) is 0 Å².